The van der Waals surface area contributed by atoms with Crippen LogP contribution < -0.4 is 15.5 Å². The molecular weight excluding hydrogens is 681 g/mol. The van der Waals surface area contributed by atoms with E-state index in [1.54, 1.807) is 0 Å². The molecule has 0 bridgehead atoms. The summed E-state index contributed by atoms with van der Waals surface area (Å²) >= 11 is 0. The topological polar surface area (TPSA) is 34.2 Å². The number of hydrogen-bond donors (Lipinski definition) is 0. The van der Waals surface area contributed by atoms with Crippen molar-refractivity contribution in [1.29, 1.82) is 0 Å². The van der Waals surface area contributed by atoms with Crippen molar-refractivity contribution in [3.63, 3.8) is 0 Å². The zero-order chi connectivity index (χ0) is 38.8. The van der Waals surface area contributed by atoms with Gasteiger partial charge in [0.05, 0.1) is 16.6 Å². The molecule has 0 unspecified atom stereocenters. The molecule has 0 saturated heterocycles. The number of benzene rings is 6. The van der Waals surface area contributed by atoms with Crippen molar-refractivity contribution in [2.24, 2.45) is 0 Å². The van der Waals surface area contributed by atoms with E-state index in [4.69, 9.17) is 9.40 Å². The molecule has 0 N–H and O–H groups in total. The molecule has 0 amide bonds. The van der Waals surface area contributed by atoms with E-state index < -0.39 is 0 Å². The summed E-state index contributed by atoms with van der Waals surface area (Å²) in [4.78, 5) is 7.93. The zero-order valence-electron chi connectivity index (χ0n) is 33.7. The summed E-state index contributed by atoms with van der Waals surface area (Å²) in [7, 11) is 0. The molecule has 1 aliphatic heterocycles. The fourth-order valence-corrected chi connectivity index (χ4v) is 8.69. The van der Waals surface area contributed by atoms with Gasteiger partial charge < -0.3 is 9.23 Å². The van der Waals surface area contributed by atoms with Gasteiger partial charge in [0.1, 0.15) is 22.3 Å². The number of aromatic nitrogens is 2. The van der Waals surface area contributed by atoms with Crippen LogP contribution in [0.5, 0.6) is 0 Å². The summed E-state index contributed by atoms with van der Waals surface area (Å²) in [6, 6.07) is 44.1. The van der Waals surface area contributed by atoms with E-state index in [1.807, 2.05) is 0 Å². The molecule has 0 fully saturated rings. The lowest BCUT2D eigenvalue weighted by Crippen LogP contribution is -2.45. The van der Waals surface area contributed by atoms with Gasteiger partial charge in [0.25, 0.3) is 6.85 Å². The first-order chi connectivity index (χ1) is 27.0. The number of imidazole rings is 1. The third-order valence-corrected chi connectivity index (χ3v) is 11.4. The van der Waals surface area contributed by atoms with E-state index in [0.717, 1.165) is 55.3 Å². The molecule has 0 radical (unpaired) electrons. The predicted molar refractivity (Wildman–Crippen MR) is 238 cm³/mol. The van der Waals surface area contributed by atoms with E-state index in [2.05, 4.69) is 198 Å². The van der Waals surface area contributed by atoms with Crippen molar-refractivity contribution < 1.29 is 4.42 Å². The molecule has 56 heavy (non-hydrogen) atoms. The molecule has 8 aromatic rings. The number of anilines is 1. The Morgan fingerprint density at radius 1 is 0.607 bits per heavy atom. The van der Waals surface area contributed by atoms with E-state index in [-0.39, 0.29) is 18.7 Å². The first kappa shape index (κ1) is 35.6. The Hall–Kier alpha value is -6.07. The molecule has 0 saturated carbocycles. The Balaban J connectivity index is 1.34. The van der Waals surface area contributed by atoms with E-state index in [0.29, 0.717) is 0 Å². The van der Waals surface area contributed by atoms with Crippen LogP contribution in [0.15, 0.2) is 126 Å². The van der Waals surface area contributed by atoms with Gasteiger partial charge in [0.15, 0.2) is 0 Å². The monoisotopic (exact) mass is 729 g/mol. The number of rotatable bonds is 7. The summed E-state index contributed by atoms with van der Waals surface area (Å²) in [6.45, 7) is 18.1. The van der Waals surface area contributed by atoms with Crippen molar-refractivity contribution in [1.82, 2.24) is 9.55 Å². The third-order valence-electron chi connectivity index (χ3n) is 11.4. The van der Waals surface area contributed by atoms with Crippen molar-refractivity contribution >= 4 is 46.6 Å². The van der Waals surface area contributed by atoms with Crippen LogP contribution in [0.3, 0.4) is 0 Å². The molecule has 9 rings (SSSR count). The summed E-state index contributed by atoms with van der Waals surface area (Å²) in [5, 5.41) is 4.34. The lowest BCUT2D eigenvalue weighted by molar-refractivity contribution is 0.666. The highest BCUT2D eigenvalue weighted by Crippen LogP contribution is 2.41. The number of aryl methyl sites for hydroxylation is 3. The largest absolute Gasteiger partial charge is 0.455 e. The van der Waals surface area contributed by atoms with Crippen LogP contribution in [-0.2, 0) is 0 Å². The van der Waals surface area contributed by atoms with E-state index >= 15 is 0 Å². The van der Waals surface area contributed by atoms with Gasteiger partial charge in [-0.15, -0.1) is 0 Å². The molecule has 4 nitrogen and oxygen atoms in total. The molecule has 0 spiro atoms. The quantitative estimate of drug-likeness (QED) is 0.153. The molecule has 2 aromatic heterocycles. The van der Waals surface area contributed by atoms with Crippen LogP contribution in [0.2, 0.25) is 6.82 Å². The normalized spacial score (nSPS) is 12.8. The Kier molecular flexibility index (Phi) is 8.84. The summed E-state index contributed by atoms with van der Waals surface area (Å²) in [5.41, 5.74) is 16.2. The average molecular weight is 730 g/mol. The Morgan fingerprint density at radius 3 is 1.79 bits per heavy atom. The molecule has 0 aliphatic carbocycles. The Bertz CT molecular complexity index is 2870. The minimum absolute atomic E-state index is 0.106. The van der Waals surface area contributed by atoms with Crippen LogP contribution in [-0.4, -0.2) is 16.4 Å². The van der Waals surface area contributed by atoms with Crippen LogP contribution in [0.1, 0.15) is 67.3 Å². The summed E-state index contributed by atoms with van der Waals surface area (Å²) in [5.74, 6) is 3.78. The van der Waals surface area contributed by atoms with Gasteiger partial charge in [-0.25, -0.2) is 4.98 Å². The minimum atomic E-state index is 0.106. The molecule has 1 aliphatic rings. The van der Waals surface area contributed by atoms with Crippen molar-refractivity contribution in [3.05, 3.63) is 160 Å². The SMILES string of the molecule is CB1C=c2c(nc(-c3cc(C)cc4c3oc3c(C)cc(C)cc34)n2-c2c(C(C)C)cc(-c3ccc(-c4ccccc4)cc3)cc2C(C)C)=CN1c1ccccc1. The predicted octanol–water partition coefficient (Wildman–Crippen LogP) is 12.1. The highest BCUT2D eigenvalue weighted by molar-refractivity contribution is 6.77. The standard InChI is InChI=1S/C51H48BN3O/c1-31(2)41-27-39(38-21-19-37(20-22-38)36-15-11-9-12-16-36)28-42(32(3)4)48(41)55-47-29-52(8)54(40-17-13-10-14-18-40)30-46(47)53-51(55)45-26-34(6)25-44-43-24-33(5)23-35(7)49(43)56-50(44)45/h9-32H,1-8H3. The molecular formula is C51H48BN3O. The number of furan rings is 1. The third kappa shape index (κ3) is 6.07. The smallest absolute Gasteiger partial charge is 0.284 e. The van der Waals surface area contributed by atoms with Gasteiger partial charge in [-0.2, -0.15) is 0 Å². The van der Waals surface area contributed by atoms with Gasteiger partial charge in [-0.3, -0.25) is 4.57 Å². The number of fused-ring (bicyclic) bond motifs is 4. The van der Waals surface area contributed by atoms with Gasteiger partial charge in [0, 0.05) is 22.7 Å². The number of para-hydroxylation sites is 1. The average Bonchev–Trinajstić information content (AvgIpc) is 3.75. The van der Waals surface area contributed by atoms with Gasteiger partial charge in [-0.05, 0) is 125 Å². The first-order valence-corrected chi connectivity index (χ1v) is 20.0. The van der Waals surface area contributed by atoms with E-state index in [9.17, 15) is 0 Å². The van der Waals surface area contributed by atoms with Crippen LogP contribution in [0.25, 0.3) is 73.4 Å². The molecule has 5 heteroatoms. The lowest BCUT2D eigenvalue weighted by atomic mass is 9.62. The van der Waals surface area contributed by atoms with Crippen molar-refractivity contribution in [2.45, 2.75) is 67.1 Å². The number of nitrogens with zero attached hydrogens (tertiary/aromatic N) is 3. The van der Waals surface area contributed by atoms with Crippen molar-refractivity contribution in [2.75, 3.05) is 4.81 Å². The second-order valence-corrected chi connectivity index (χ2v) is 16.3. The number of hydrogen-bond acceptors (Lipinski definition) is 3. The maximum absolute atomic E-state index is 6.90. The highest BCUT2D eigenvalue weighted by Gasteiger charge is 2.28. The maximum atomic E-state index is 6.90. The van der Waals surface area contributed by atoms with Gasteiger partial charge >= 0.3 is 0 Å². The fraction of sp³-hybridized carbons (Fsp3) is 0.196. The zero-order valence-corrected chi connectivity index (χ0v) is 33.7. The second kappa shape index (κ2) is 13.9. The maximum Gasteiger partial charge on any atom is 0.284 e. The molecule has 0 atom stereocenters. The Morgan fingerprint density at radius 2 is 1.16 bits per heavy atom. The molecule has 3 heterocycles. The van der Waals surface area contributed by atoms with Crippen LogP contribution in [0.4, 0.5) is 5.69 Å². The summed E-state index contributed by atoms with van der Waals surface area (Å²) < 4.78 is 9.37. The summed E-state index contributed by atoms with van der Waals surface area (Å²) in [6.07, 6.45) is 2.24. The van der Waals surface area contributed by atoms with Crippen molar-refractivity contribution in [3.8, 4) is 39.3 Å². The first-order valence-electron chi connectivity index (χ1n) is 20.0. The Labute approximate surface area is 330 Å². The van der Waals surface area contributed by atoms with E-state index in [1.165, 1.54) is 50.2 Å². The minimum Gasteiger partial charge on any atom is -0.455 e. The van der Waals surface area contributed by atoms with Gasteiger partial charge in [0.2, 0.25) is 0 Å². The van der Waals surface area contributed by atoms with Gasteiger partial charge in [-0.1, -0.05) is 119 Å². The highest BCUT2D eigenvalue weighted by atomic mass is 16.3. The van der Waals surface area contributed by atoms with Crippen LogP contribution in [0, 0.1) is 20.8 Å². The fourth-order valence-electron chi connectivity index (χ4n) is 8.69. The second-order valence-electron chi connectivity index (χ2n) is 16.3. The molecule has 276 valence electrons. The van der Waals surface area contributed by atoms with Crippen LogP contribution >= 0.6 is 0 Å². The molecule has 6 aromatic carbocycles. The lowest BCUT2D eigenvalue weighted by Gasteiger charge is -2.27.